The Balaban J connectivity index is 1.67. The number of ether oxygens (including phenoxy) is 1. The number of hydrogen-bond acceptors (Lipinski definition) is 3. The van der Waals surface area contributed by atoms with Crippen molar-refractivity contribution in [3.05, 3.63) is 0 Å². The van der Waals surface area contributed by atoms with Gasteiger partial charge in [-0.3, -0.25) is 0 Å². The Hall–Kier alpha value is -0.120. The van der Waals surface area contributed by atoms with Crippen LogP contribution in [0.4, 0.5) is 0 Å². The van der Waals surface area contributed by atoms with Crippen LogP contribution in [0, 0.1) is 0 Å². The molecule has 0 radical (unpaired) electrons. The monoisotopic (exact) mass is 198 g/mol. The van der Waals surface area contributed by atoms with Gasteiger partial charge >= 0.3 is 0 Å². The van der Waals surface area contributed by atoms with Crippen LogP contribution < -0.4 is 11.1 Å². The first kappa shape index (κ1) is 10.4. The van der Waals surface area contributed by atoms with Gasteiger partial charge in [0.1, 0.15) is 0 Å². The third-order valence-electron chi connectivity index (χ3n) is 3.45. The highest BCUT2D eigenvalue weighted by Crippen LogP contribution is 2.18. The van der Waals surface area contributed by atoms with Crippen molar-refractivity contribution in [3.63, 3.8) is 0 Å². The van der Waals surface area contributed by atoms with Gasteiger partial charge in [-0.25, -0.2) is 0 Å². The zero-order valence-electron chi connectivity index (χ0n) is 8.87. The van der Waals surface area contributed by atoms with Gasteiger partial charge in [-0.1, -0.05) is 12.8 Å². The number of hydrogen-bond donors (Lipinski definition) is 2. The zero-order chi connectivity index (χ0) is 9.80. The van der Waals surface area contributed by atoms with E-state index in [-0.39, 0.29) is 0 Å². The van der Waals surface area contributed by atoms with Crippen molar-refractivity contribution in [2.75, 3.05) is 13.2 Å². The molecule has 14 heavy (non-hydrogen) atoms. The lowest BCUT2D eigenvalue weighted by Crippen LogP contribution is -2.49. The van der Waals surface area contributed by atoms with Crippen LogP contribution in [0.3, 0.4) is 0 Å². The maximum Gasteiger partial charge on any atom is 0.0700 e. The van der Waals surface area contributed by atoms with Gasteiger partial charge in [-0.05, 0) is 25.7 Å². The van der Waals surface area contributed by atoms with Crippen molar-refractivity contribution >= 4 is 0 Å². The molecule has 0 unspecified atom stereocenters. The van der Waals surface area contributed by atoms with Gasteiger partial charge in [0.05, 0.1) is 6.10 Å². The molecule has 82 valence electrons. The predicted octanol–water partition coefficient (Wildman–Crippen LogP) is 1.02. The van der Waals surface area contributed by atoms with Crippen molar-refractivity contribution < 1.29 is 4.74 Å². The maximum absolute atomic E-state index is 6.06. The summed E-state index contributed by atoms with van der Waals surface area (Å²) in [4.78, 5) is 0. The molecule has 1 saturated heterocycles. The van der Waals surface area contributed by atoms with Crippen molar-refractivity contribution in [2.45, 2.75) is 56.7 Å². The molecule has 1 saturated carbocycles. The van der Waals surface area contributed by atoms with Crippen LogP contribution in [-0.4, -0.2) is 31.3 Å². The second kappa shape index (κ2) is 5.10. The molecule has 0 aromatic heterocycles. The lowest BCUT2D eigenvalue weighted by Gasteiger charge is -2.30. The molecule has 3 atom stereocenters. The van der Waals surface area contributed by atoms with Gasteiger partial charge in [-0.2, -0.15) is 0 Å². The summed E-state index contributed by atoms with van der Waals surface area (Å²) < 4.78 is 5.58. The third kappa shape index (κ3) is 2.69. The van der Waals surface area contributed by atoms with Crippen LogP contribution in [-0.2, 0) is 4.74 Å². The fourth-order valence-corrected chi connectivity index (χ4v) is 2.50. The average Bonchev–Trinajstić information content (AvgIpc) is 2.69. The van der Waals surface area contributed by atoms with E-state index < -0.39 is 0 Å². The van der Waals surface area contributed by atoms with E-state index >= 15 is 0 Å². The lowest BCUT2D eigenvalue weighted by atomic mass is 9.91. The highest BCUT2D eigenvalue weighted by Gasteiger charge is 2.23. The molecule has 3 heteroatoms. The Labute approximate surface area is 86.4 Å². The third-order valence-corrected chi connectivity index (χ3v) is 3.45. The summed E-state index contributed by atoms with van der Waals surface area (Å²) in [6.45, 7) is 1.95. The average molecular weight is 198 g/mol. The quantitative estimate of drug-likeness (QED) is 0.712. The normalized spacial score (nSPS) is 38.8. The first-order valence-corrected chi connectivity index (χ1v) is 5.97. The molecule has 0 aromatic carbocycles. The highest BCUT2D eigenvalue weighted by atomic mass is 16.5. The minimum absolute atomic E-state index is 0.366. The van der Waals surface area contributed by atoms with E-state index in [4.69, 9.17) is 10.5 Å². The predicted molar refractivity (Wildman–Crippen MR) is 57.2 cm³/mol. The molecule has 1 aliphatic heterocycles. The lowest BCUT2D eigenvalue weighted by molar-refractivity contribution is 0.104. The number of nitrogens with two attached hydrogens (primary N) is 1. The smallest absolute Gasteiger partial charge is 0.0700 e. The Morgan fingerprint density at radius 3 is 2.71 bits per heavy atom. The molecule has 0 spiro atoms. The highest BCUT2D eigenvalue weighted by molar-refractivity contribution is 4.84. The van der Waals surface area contributed by atoms with Crippen LogP contribution in [0.2, 0.25) is 0 Å². The molecule has 3 N–H and O–H groups in total. The van der Waals surface area contributed by atoms with E-state index in [0.29, 0.717) is 18.2 Å². The molecule has 3 nitrogen and oxygen atoms in total. The maximum atomic E-state index is 6.06. The van der Waals surface area contributed by atoms with Gasteiger partial charge < -0.3 is 15.8 Å². The summed E-state index contributed by atoms with van der Waals surface area (Å²) in [5, 5.41) is 3.56. The Morgan fingerprint density at radius 2 is 2.00 bits per heavy atom. The molecule has 2 rings (SSSR count). The molecule has 0 aromatic rings. The summed E-state index contributed by atoms with van der Waals surface area (Å²) in [7, 11) is 0. The van der Waals surface area contributed by atoms with E-state index in [9.17, 15) is 0 Å². The second-order valence-electron chi connectivity index (χ2n) is 4.60. The summed E-state index contributed by atoms with van der Waals surface area (Å²) in [6, 6.07) is 0.901. The van der Waals surface area contributed by atoms with Crippen LogP contribution >= 0.6 is 0 Å². The molecule has 1 heterocycles. The largest absolute Gasteiger partial charge is 0.377 e. The van der Waals surface area contributed by atoms with Gasteiger partial charge in [0.2, 0.25) is 0 Å². The molecule has 0 amide bonds. The van der Waals surface area contributed by atoms with Gasteiger partial charge in [0.25, 0.3) is 0 Å². The summed E-state index contributed by atoms with van der Waals surface area (Å²) in [5.74, 6) is 0. The molecule has 2 aliphatic rings. The first-order valence-electron chi connectivity index (χ1n) is 5.97. The van der Waals surface area contributed by atoms with Crippen molar-refractivity contribution in [1.29, 1.82) is 0 Å². The fourth-order valence-electron chi connectivity index (χ4n) is 2.50. The number of nitrogens with one attached hydrogen (secondary N) is 1. The zero-order valence-corrected chi connectivity index (χ0v) is 8.87. The van der Waals surface area contributed by atoms with Crippen molar-refractivity contribution in [2.24, 2.45) is 5.73 Å². The minimum Gasteiger partial charge on any atom is -0.377 e. The number of rotatable bonds is 3. The van der Waals surface area contributed by atoms with E-state index in [1.165, 1.54) is 38.5 Å². The van der Waals surface area contributed by atoms with E-state index in [0.717, 1.165) is 13.2 Å². The van der Waals surface area contributed by atoms with E-state index in [2.05, 4.69) is 5.32 Å². The Morgan fingerprint density at radius 1 is 1.14 bits per heavy atom. The molecule has 1 aliphatic carbocycles. The summed E-state index contributed by atoms with van der Waals surface area (Å²) in [6.07, 6.45) is 7.95. The Bertz CT molecular complexity index is 169. The van der Waals surface area contributed by atoms with Gasteiger partial charge in [0.15, 0.2) is 0 Å². The minimum atomic E-state index is 0.366. The van der Waals surface area contributed by atoms with Crippen LogP contribution in [0.1, 0.15) is 38.5 Å². The summed E-state index contributed by atoms with van der Waals surface area (Å²) in [5.41, 5.74) is 6.06. The molecule has 0 bridgehead atoms. The standard InChI is InChI=1S/C11H22N2O/c12-10-5-1-2-6-11(10)13-8-9-4-3-7-14-9/h9-11,13H,1-8,12H2/t9-,10+,11+/m0/s1. The SMILES string of the molecule is N[C@@H]1CCCC[C@H]1NC[C@@H]1CCCO1. The van der Waals surface area contributed by atoms with E-state index in [1.807, 2.05) is 0 Å². The van der Waals surface area contributed by atoms with Crippen molar-refractivity contribution in [1.82, 2.24) is 5.32 Å². The van der Waals surface area contributed by atoms with E-state index in [1.54, 1.807) is 0 Å². The van der Waals surface area contributed by atoms with Crippen molar-refractivity contribution in [3.8, 4) is 0 Å². The Kier molecular flexibility index (Phi) is 3.79. The van der Waals surface area contributed by atoms with Crippen LogP contribution in [0.5, 0.6) is 0 Å². The van der Waals surface area contributed by atoms with Crippen LogP contribution in [0.25, 0.3) is 0 Å². The molecular formula is C11H22N2O. The van der Waals surface area contributed by atoms with Crippen LogP contribution in [0.15, 0.2) is 0 Å². The molecular weight excluding hydrogens is 176 g/mol. The first-order chi connectivity index (χ1) is 6.86. The second-order valence-corrected chi connectivity index (χ2v) is 4.60. The van der Waals surface area contributed by atoms with Gasteiger partial charge in [-0.15, -0.1) is 0 Å². The topological polar surface area (TPSA) is 47.3 Å². The summed E-state index contributed by atoms with van der Waals surface area (Å²) >= 11 is 0. The van der Waals surface area contributed by atoms with Gasteiger partial charge in [0, 0.05) is 25.2 Å². The molecule has 2 fully saturated rings. The fraction of sp³-hybridized carbons (Fsp3) is 1.00.